The quantitative estimate of drug-likeness (QED) is 0.352. The van der Waals surface area contributed by atoms with Crippen molar-refractivity contribution in [1.29, 1.82) is 0 Å². The molecule has 0 unspecified atom stereocenters. The van der Waals surface area contributed by atoms with Gasteiger partial charge in [0.15, 0.2) is 0 Å². The molecule has 4 N–H and O–H groups in total. The highest BCUT2D eigenvalue weighted by Gasteiger charge is 2.30. The summed E-state index contributed by atoms with van der Waals surface area (Å²) < 4.78 is 5.00. The largest absolute Gasteiger partial charge is 0.497 e. The Bertz CT molecular complexity index is 461. The minimum Gasteiger partial charge on any atom is -0.497 e. The Labute approximate surface area is 122 Å². The Morgan fingerprint density at radius 1 is 1.19 bits per heavy atom. The van der Waals surface area contributed by atoms with Crippen LogP contribution >= 0.6 is 0 Å². The zero-order valence-corrected chi connectivity index (χ0v) is 11.5. The number of aliphatic imine (C=N–C) groups is 1. The van der Waals surface area contributed by atoms with Crippen LogP contribution in [0, 0.1) is 0 Å². The topological polar surface area (TPSA) is 120 Å². The number of methoxy groups -OCH3 is 1. The van der Waals surface area contributed by atoms with E-state index in [2.05, 4.69) is 4.99 Å². The molecule has 1 aromatic rings. The second kappa shape index (κ2) is 8.48. The Kier molecular flexibility index (Phi) is 6.97. The molecule has 0 fully saturated rings. The molecule has 0 aliphatic carbocycles. The van der Waals surface area contributed by atoms with Crippen molar-refractivity contribution in [3.05, 3.63) is 29.8 Å². The molecule has 0 amide bonds. The van der Waals surface area contributed by atoms with Crippen LogP contribution in [-0.2, 0) is 4.79 Å². The van der Waals surface area contributed by atoms with Crippen LogP contribution in [0.2, 0.25) is 0 Å². The number of hydrogen-bond donors (Lipinski definition) is 4. The SMILES string of the molecule is COc1ccc(C=N[C@@H](C=O)[C@@H](O)[C@H](O)[C@H](O)CO)cc1. The number of carbonyl (C=O) groups is 1. The van der Waals surface area contributed by atoms with Gasteiger partial charge in [0, 0.05) is 6.21 Å². The first-order chi connectivity index (χ1) is 10.0. The third-order valence-corrected chi connectivity index (χ3v) is 2.93. The van der Waals surface area contributed by atoms with E-state index in [9.17, 15) is 20.1 Å². The third-order valence-electron chi connectivity index (χ3n) is 2.93. The van der Waals surface area contributed by atoms with Crippen LogP contribution in [0.3, 0.4) is 0 Å². The molecule has 0 heterocycles. The molecule has 0 bridgehead atoms. The van der Waals surface area contributed by atoms with E-state index in [0.29, 0.717) is 17.6 Å². The summed E-state index contributed by atoms with van der Waals surface area (Å²) in [5, 5.41) is 37.2. The van der Waals surface area contributed by atoms with Crippen molar-refractivity contribution in [2.75, 3.05) is 13.7 Å². The number of rotatable bonds is 8. The average Bonchev–Trinajstić information content (AvgIpc) is 2.54. The van der Waals surface area contributed by atoms with Crippen LogP contribution in [0.4, 0.5) is 0 Å². The maximum absolute atomic E-state index is 10.9. The lowest BCUT2D eigenvalue weighted by atomic mass is 10.0. The number of aliphatic hydroxyl groups is 4. The van der Waals surface area contributed by atoms with Crippen molar-refractivity contribution < 1.29 is 30.0 Å². The van der Waals surface area contributed by atoms with Crippen molar-refractivity contribution >= 4 is 12.5 Å². The van der Waals surface area contributed by atoms with Crippen molar-refractivity contribution in [2.24, 2.45) is 4.99 Å². The van der Waals surface area contributed by atoms with Gasteiger partial charge in [-0.05, 0) is 29.8 Å². The number of hydrogen-bond acceptors (Lipinski definition) is 7. The molecule has 4 atom stereocenters. The molecule has 116 valence electrons. The average molecular weight is 297 g/mol. The van der Waals surface area contributed by atoms with Gasteiger partial charge in [-0.25, -0.2) is 0 Å². The first-order valence-corrected chi connectivity index (χ1v) is 6.31. The van der Waals surface area contributed by atoms with Crippen LogP contribution in [0.5, 0.6) is 5.75 Å². The van der Waals surface area contributed by atoms with Crippen molar-refractivity contribution in [2.45, 2.75) is 24.4 Å². The summed E-state index contributed by atoms with van der Waals surface area (Å²) in [6, 6.07) is 5.57. The Morgan fingerprint density at radius 2 is 1.81 bits per heavy atom. The van der Waals surface area contributed by atoms with Gasteiger partial charge in [0.25, 0.3) is 0 Å². The van der Waals surface area contributed by atoms with Crippen LogP contribution in [0.1, 0.15) is 5.56 Å². The summed E-state index contributed by atoms with van der Waals surface area (Å²) in [6.45, 7) is -0.730. The summed E-state index contributed by atoms with van der Waals surface area (Å²) in [5.41, 5.74) is 0.673. The van der Waals surface area contributed by atoms with Gasteiger partial charge in [-0.3, -0.25) is 4.99 Å². The van der Waals surface area contributed by atoms with Gasteiger partial charge >= 0.3 is 0 Å². The van der Waals surface area contributed by atoms with Gasteiger partial charge < -0.3 is 30.0 Å². The molecular formula is C14H19NO6. The van der Waals surface area contributed by atoms with Crippen molar-refractivity contribution in [3.8, 4) is 5.75 Å². The highest BCUT2D eigenvalue weighted by atomic mass is 16.5. The van der Waals surface area contributed by atoms with Gasteiger partial charge in [-0.1, -0.05) is 0 Å². The van der Waals surface area contributed by atoms with Crippen LogP contribution in [0.15, 0.2) is 29.3 Å². The molecule has 7 heteroatoms. The molecule has 1 rings (SSSR count). The minimum atomic E-state index is -1.67. The van der Waals surface area contributed by atoms with Gasteiger partial charge in [-0.15, -0.1) is 0 Å². The third kappa shape index (κ3) is 4.91. The van der Waals surface area contributed by atoms with Gasteiger partial charge in [-0.2, -0.15) is 0 Å². The first-order valence-electron chi connectivity index (χ1n) is 6.31. The fourth-order valence-electron chi connectivity index (χ4n) is 1.60. The molecule has 0 aliphatic rings. The van der Waals surface area contributed by atoms with Crippen molar-refractivity contribution in [3.63, 3.8) is 0 Å². The zero-order chi connectivity index (χ0) is 15.8. The molecule has 0 radical (unpaired) electrons. The Balaban J connectivity index is 2.75. The maximum Gasteiger partial charge on any atom is 0.147 e. The summed E-state index contributed by atoms with van der Waals surface area (Å²) in [5.74, 6) is 0.667. The lowest BCUT2D eigenvalue weighted by Crippen LogP contribution is -2.45. The van der Waals surface area contributed by atoms with E-state index in [1.54, 1.807) is 24.3 Å². The molecule has 0 aromatic heterocycles. The monoisotopic (exact) mass is 297 g/mol. The number of carbonyl (C=O) groups excluding carboxylic acids is 1. The lowest BCUT2D eigenvalue weighted by molar-refractivity contribution is -0.118. The number of nitrogens with zero attached hydrogens (tertiary/aromatic N) is 1. The lowest BCUT2D eigenvalue weighted by Gasteiger charge is -2.23. The smallest absolute Gasteiger partial charge is 0.147 e. The molecule has 1 aromatic carbocycles. The molecule has 0 saturated carbocycles. The Morgan fingerprint density at radius 3 is 2.29 bits per heavy atom. The van der Waals surface area contributed by atoms with E-state index in [1.807, 2.05) is 0 Å². The molecular weight excluding hydrogens is 278 g/mol. The van der Waals surface area contributed by atoms with Crippen molar-refractivity contribution in [1.82, 2.24) is 0 Å². The van der Waals surface area contributed by atoms with Gasteiger partial charge in [0.1, 0.15) is 36.4 Å². The zero-order valence-electron chi connectivity index (χ0n) is 11.5. The van der Waals surface area contributed by atoms with Crippen LogP contribution < -0.4 is 4.74 Å². The van der Waals surface area contributed by atoms with Crippen LogP contribution in [-0.4, -0.2) is 71.0 Å². The number of aldehydes is 1. The minimum absolute atomic E-state index is 0.359. The summed E-state index contributed by atoms with van der Waals surface area (Å²) in [4.78, 5) is 14.8. The van der Waals surface area contributed by atoms with E-state index < -0.39 is 31.0 Å². The second-order valence-electron chi connectivity index (χ2n) is 4.41. The number of aliphatic hydroxyl groups excluding tert-OH is 4. The standard InChI is InChI=1S/C14H19NO6/c1-21-10-4-2-9(3-5-10)6-15-11(7-16)13(19)14(20)12(18)8-17/h2-7,11-14,17-20H,8H2,1H3/t11-,12+,13+,14+/m0/s1. The summed E-state index contributed by atoms with van der Waals surface area (Å²) in [7, 11) is 1.54. The van der Waals surface area contributed by atoms with Crippen LogP contribution in [0.25, 0.3) is 0 Å². The Hall–Kier alpha value is -1.80. The molecule has 7 nitrogen and oxygen atoms in total. The van der Waals surface area contributed by atoms with E-state index in [0.717, 1.165) is 0 Å². The summed E-state index contributed by atoms with van der Waals surface area (Å²) in [6.07, 6.45) is -3.10. The second-order valence-corrected chi connectivity index (χ2v) is 4.41. The van der Waals surface area contributed by atoms with Gasteiger partial charge in [0.2, 0.25) is 0 Å². The summed E-state index contributed by atoms with van der Waals surface area (Å²) >= 11 is 0. The normalized spacial score (nSPS) is 17.2. The fraction of sp³-hybridized carbons (Fsp3) is 0.429. The number of benzene rings is 1. The maximum atomic E-state index is 10.9. The molecule has 21 heavy (non-hydrogen) atoms. The predicted octanol–water partition coefficient (Wildman–Crippen LogP) is -1.24. The van der Waals surface area contributed by atoms with E-state index >= 15 is 0 Å². The van der Waals surface area contributed by atoms with E-state index in [1.165, 1.54) is 13.3 Å². The highest BCUT2D eigenvalue weighted by molar-refractivity contribution is 5.81. The van der Waals surface area contributed by atoms with E-state index in [-0.39, 0.29) is 0 Å². The molecule has 0 saturated heterocycles. The highest BCUT2D eigenvalue weighted by Crippen LogP contribution is 2.11. The molecule has 0 spiro atoms. The van der Waals surface area contributed by atoms with Gasteiger partial charge in [0.05, 0.1) is 13.7 Å². The fourth-order valence-corrected chi connectivity index (χ4v) is 1.60. The molecule has 0 aliphatic heterocycles. The predicted molar refractivity (Wildman–Crippen MR) is 75.5 cm³/mol. The van der Waals surface area contributed by atoms with E-state index in [4.69, 9.17) is 9.84 Å². The first kappa shape index (κ1) is 17.3. The number of ether oxygens (including phenoxy) is 1.